The molecule has 5 nitrogen and oxygen atoms in total. The largest absolute Gasteiger partial charge is 0.433 e. The number of likely N-dealkylation sites (tertiary alicyclic amines) is 1. The number of benzene rings is 1. The van der Waals surface area contributed by atoms with Gasteiger partial charge in [-0.15, -0.1) is 12.4 Å². The summed E-state index contributed by atoms with van der Waals surface area (Å²) in [5, 5.41) is 3.75. The normalized spacial score (nSPS) is 20.1. The molecule has 9 heteroatoms. The number of aromatic nitrogens is 2. The average molecular weight is 389 g/mol. The zero-order chi connectivity index (χ0) is 18.2. The van der Waals surface area contributed by atoms with Gasteiger partial charge in [0.15, 0.2) is 0 Å². The zero-order valence-electron chi connectivity index (χ0n) is 14.1. The molecule has 0 spiro atoms. The van der Waals surface area contributed by atoms with Crippen molar-refractivity contribution in [2.45, 2.75) is 25.6 Å². The number of alkyl halides is 3. The van der Waals surface area contributed by atoms with Gasteiger partial charge in [0, 0.05) is 18.2 Å². The number of rotatable bonds is 3. The topological polar surface area (TPSA) is 64.2 Å². The standard InChI is InChI=1S/C17H19F3N4O.ClH/c1-11-7-12(9-21)10-23(11)16(25)13-3-2-4-14(8-13)24-15(5-6-22-24)17(18,19)20;/h2-6,8,11-12H,7,9-10,21H2,1H3;1H. The number of amides is 1. The lowest BCUT2D eigenvalue weighted by molar-refractivity contribution is -0.142. The van der Waals surface area contributed by atoms with Gasteiger partial charge in [-0.1, -0.05) is 6.07 Å². The molecule has 0 aliphatic carbocycles. The Labute approximate surface area is 155 Å². The third kappa shape index (κ3) is 3.86. The van der Waals surface area contributed by atoms with E-state index in [4.69, 9.17) is 5.73 Å². The minimum atomic E-state index is -4.52. The number of carbonyl (C=O) groups is 1. The van der Waals surface area contributed by atoms with E-state index >= 15 is 0 Å². The molecule has 2 N–H and O–H groups in total. The van der Waals surface area contributed by atoms with Crippen molar-refractivity contribution in [3.05, 3.63) is 47.8 Å². The molecule has 0 radical (unpaired) electrons. The summed E-state index contributed by atoms with van der Waals surface area (Å²) in [6.45, 7) is 3.03. The molecule has 1 aliphatic heterocycles. The molecule has 1 saturated heterocycles. The lowest BCUT2D eigenvalue weighted by Gasteiger charge is -2.22. The van der Waals surface area contributed by atoms with Crippen LogP contribution in [-0.4, -0.2) is 39.7 Å². The highest BCUT2D eigenvalue weighted by Gasteiger charge is 2.35. The molecule has 1 aromatic carbocycles. The van der Waals surface area contributed by atoms with Crippen LogP contribution in [0.25, 0.3) is 5.69 Å². The minimum absolute atomic E-state index is 0. The average Bonchev–Trinajstić information content (AvgIpc) is 3.20. The quantitative estimate of drug-likeness (QED) is 0.878. The van der Waals surface area contributed by atoms with Crippen molar-refractivity contribution in [1.82, 2.24) is 14.7 Å². The van der Waals surface area contributed by atoms with Crippen molar-refractivity contribution in [3.63, 3.8) is 0 Å². The molecule has 3 rings (SSSR count). The maximum absolute atomic E-state index is 13.1. The SMILES string of the molecule is CC1CC(CN)CN1C(=O)c1cccc(-n2nccc2C(F)(F)F)c1.Cl. The Hall–Kier alpha value is -2.06. The van der Waals surface area contributed by atoms with Crippen molar-refractivity contribution >= 4 is 18.3 Å². The van der Waals surface area contributed by atoms with Crippen molar-refractivity contribution in [2.75, 3.05) is 13.1 Å². The van der Waals surface area contributed by atoms with Gasteiger partial charge in [-0.05, 0) is 50.1 Å². The van der Waals surface area contributed by atoms with E-state index < -0.39 is 11.9 Å². The van der Waals surface area contributed by atoms with Crippen molar-refractivity contribution < 1.29 is 18.0 Å². The summed E-state index contributed by atoms with van der Waals surface area (Å²) < 4.78 is 40.0. The van der Waals surface area contributed by atoms with Crippen LogP contribution in [0.3, 0.4) is 0 Å². The van der Waals surface area contributed by atoms with Crippen LogP contribution in [0.2, 0.25) is 0 Å². The van der Waals surface area contributed by atoms with E-state index in [0.29, 0.717) is 18.7 Å². The molecule has 26 heavy (non-hydrogen) atoms. The van der Waals surface area contributed by atoms with Crippen molar-refractivity contribution in [3.8, 4) is 5.69 Å². The summed E-state index contributed by atoms with van der Waals surface area (Å²) in [7, 11) is 0. The van der Waals surface area contributed by atoms with E-state index in [-0.39, 0.29) is 36.0 Å². The third-order valence-electron chi connectivity index (χ3n) is 4.53. The maximum Gasteiger partial charge on any atom is 0.433 e. The molecule has 2 unspecified atom stereocenters. The first-order chi connectivity index (χ1) is 11.8. The first-order valence-electron chi connectivity index (χ1n) is 8.04. The number of carbonyl (C=O) groups excluding carboxylic acids is 1. The van der Waals surface area contributed by atoms with Crippen LogP contribution in [0.5, 0.6) is 0 Å². The van der Waals surface area contributed by atoms with E-state index in [1.54, 1.807) is 17.0 Å². The highest BCUT2D eigenvalue weighted by Crippen LogP contribution is 2.31. The zero-order valence-corrected chi connectivity index (χ0v) is 14.9. The Morgan fingerprint density at radius 3 is 2.69 bits per heavy atom. The summed E-state index contributed by atoms with van der Waals surface area (Å²) in [5.41, 5.74) is 5.34. The first-order valence-corrected chi connectivity index (χ1v) is 8.04. The fraction of sp³-hybridized carbons (Fsp3) is 0.412. The van der Waals surface area contributed by atoms with Crippen LogP contribution in [0, 0.1) is 5.92 Å². The minimum Gasteiger partial charge on any atom is -0.336 e. The molecule has 2 atom stereocenters. The van der Waals surface area contributed by atoms with Crippen LogP contribution in [-0.2, 0) is 6.18 Å². The smallest absolute Gasteiger partial charge is 0.336 e. The second kappa shape index (κ2) is 7.67. The predicted molar refractivity (Wildman–Crippen MR) is 93.5 cm³/mol. The van der Waals surface area contributed by atoms with Crippen LogP contribution in [0.1, 0.15) is 29.4 Å². The first kappa shape index (κ1) is 20.3. The monoisotopic (exact) mass is 388 g/mol. The summed E-state index contributed by atoms with van der Waals surface area (Å²) in [5.74, 6) is 0.0519. The Morgan fingerprint density at radius 1 is 1.35 bits per heavy atom. The van der Waals surface area contributed by atoms with E-state index in [1.165, 1.54) is 12.1 Å². The Kier molecular flexibility index (Phi) is 5.98. The molecule has 0 bridgehead atoms. The van der Waals surface area contributed by atoms with Gasteiger partial charge in [-0.2, -0.15) is 18.3 Å². The van der Waals surface area contributed by atoms with Gasteiger partial charge in [0.1, 0.15) is 5.69 Å². The molecular weight excluding hydrogens is 369 g/mol. The number of hydrogen-bond acceptors (Lipinski definition) is 3. The van der Waals surface area contributed by atoms with Crippen LogP contribution in [0.4, 0.5) is 13.2 Å². The maximum atomic E-state index is 13.1. The molecule has 142 valence electrons. The summed E-state index contributed by atoms with van der Waals surface area (Å²) >= 11 is 0. The summed E-state index contributed by atoms with van der Waals surface area (Å²) in [4.78, 5) is 14.5. The molecule has 1 fully saturated rings. The van der Waals surface area contributed by atoms with E-state index in [9.17, 15) is 18.0 Å². The van der Waals surface area contributed by atoms with Crippen molar-refractivity contribution in [2.24, 2.45) is 11.7 Å². The van der Waals surface area contributed by atoms with Crippen LogP contribution >= 0.6 is 12.4 Å². The molecule has 1 aliphatic rings. The fourth-order valence-electron chi connectivity index (χ4n) is 3.26. The van der Waals surface area contributed by atoms with E-state index in [0.717, 1.165) is 23.4 Å². The second-order valence-electron chi connectivity index (χ2n) is 6.32. The molecule has 2 heterocycles. The number of hydrogen-bond donors (Lipinski definition) is 1. The molecular formula is C17H20ClF3N4O. The Balaban J connectivity index is 0.00000243. The lowest BCUT2D eigenvalue weighted by Crippen LogP contribution is -2.34. The number of nitrogens with two attached hydrogens (primary N) is 1. The molecule has 1 amide bonds. The highest BCUT2D eigenvalue weighted by atomic mass is 35.5. The van der Waals surface area contributed by atoms with Gasteiger partial charge in [0.2, 0.25) is 0 Å². The summed E-state index contributed by atoms with van der Waals surface area (Å²) in [6.07, 6.45) is -2.60. The fourth-order valence-corrected chi connectivity index (χ4v) is 3.26. The van der Waals surface area contributed by atoms with Crippen LogP contribution in [0.15, 0.2) is 36.5 Å². The molecule has 1 aromatic heterocycles. The van der Waals surface area contributed by atoms with Gasteiger partial charge in [-0.25, -0.2) is 4.68 Å². The Morgan fingerprint density at radius 2 is 2.08 bits per heavy atom. The Bertz CT molecular complexity index is 777. The van der Waals surface area contributed by atoms with Crippen LogP contribution < -0.4 is 5.73 Å². The number of nitrogens with zero attached hydrogens (tertiary/aromatic N) is 3. The highest BCUT2D eigenvalue weighted by molar-refractivity contribution is 5.95. The van der Waals surface area contributed by atoms with Gasteiger partial charge < -0.3 is 10.6 Å². The van der Waals surface area contributed by atoms with Crippen molar-refractivity contribution in [1.29, 1.82) is 0 Å². The predicted octanol–water partition coefficient (Wildman–Crippen LogP) is 3.12. The number of halogens is 4. The summed E-state index contributed by atoms with van der Waals surface area (Å²) in [6, 6.07) is 7.06. The van der Waals surface area contributed by atoms with E-state index in [2.05, 4.69) is 5.10 Å². The van der Waals surface area contributed by atoms with Gasteiger partial charge >= 0.3 is 6.18 Å². The molecule has 0 saturated carbocycles. The second-order valence-corrected chi connectivity index (χ2v) is 6.32. The van der Waals surface area contributed by atoms with Gasteiger partial charge in [0.05, 0.1) is 11.9 Å². The van der Waals surface area contributed by atoms with Gasteiger partial charge in [-0.3, -0.25) is 4.79 Å². The molecule has 2 aromatic rings. The lowest BCUT2D eigenvalue weighted by atomic mass is 10.1. The van der Waals surface area contributed by atoms with Gasteiger partial charge in [0.25, 0.3) is 5.91 Å². The van der Waals surface area contributed by atoms with E-state index in [1.807, 2.05) is 6.92 Å². The third-order valence-corrected chi connectivity index (χ3v) is 4.53.